The molecule has 0 spiro atoms. The van der Waals surface area contributed by atoms with Crippen LogP contribution in [0.3, 0.4) is 0 Å². The van der Waals surface area contributed by atoms with Gasteiger partial charge in [0.2, 0.25) is 7.55 Å². The van der Waals surface area contributed by atoms with Gasteiger partial charge in [-0.05, 0) is 23.7 Å². The van der Waals surface area contributed by atoms with E-state index in [9.17, 15) is 0 Å². The van der Waals surface area contributed by atoms with E-state index in [-0.39, 0.29) is 5.04 Å². The topological polar surface area (TPSA) is 3.24 Å². The molecule has 0 radical (unpaired) electrons. The lowest BCUT2D eigenvalue weighted by atomic mass is 10.2. The summed E-state index contributed by atoms with van der Waals surface area (Å²) >= 11 is 7.10. The Morgan fingerprint density at radius 2 is 1.53 bits per heavy atom. The predicted octanol–water partition coefficient (Wildman–Crippen LogP) is 4.61. The van der Waals surface area contributed by atoms with E-state index in [2.05, 4.69) is 53.0 Å². The van der Waals surface area contributed by atoms with Crippen LogP contribution in [0.1, 0.15) is 54.9 Å². The molecule has 0 bridgehead atoms. The standard InChI is InChI=1S/C12H28ClNSi/c1-8-11(4)15(13,12(5,6)7)14(9-2)10-3/h11H,8-10H2,1-7H3. The molecule has 15 heavy (non-hydrogen) atoms. The summed E-state index contributed by atoms with van der Waals surface area (Å²) in [4.78, 5) is 0. The molecule has 0 saturated carbocycles. The average Bonchev–Trinajstić information content (AvgIpc) is 2.16. The Kier molecular flexibility index (Phi) is 5.87. The molecular formula is C12H28ClNSi. The zero-order valence-electron chi connectivity index (χ0n) is 11.5. The minimum atomic E-state index is -1.88. The molecule has 0 N–H and O–H groups in total. The van der Waals surface area contributed by atoms with Crippen molar-refractivity contribution in [3.63, 3.8) is 0 Å². The minimum Gasteiger partial charge on any atom is -0.312 e. The van der Waals surface area contributed by atoms with Gasteiger partial charge in [0, 0.05) is 0 Å². The number of hydrogen-bond donors (Lipinski definition) is 0. The number of halogens is 1. The Morgan fingerprint density at radius 1 is 1.13 bits per heavy atom. The highest BCUT2D eigenvalue weighted by atomic mass is 35.6. The van der Waals surface area contributed by atoms with Crippen LogP contribution >= 0.6 is 11.1 Å². The SMILES string of the molecule is CCC(C)[Si](Cl)(N(CC)CC)C(C)(C)C. The maximum absolute atomic E-state index is 7.10. The van der Waals surface area contributed by atoms with Gasteiger partial charge < -0.3 is 4.57 Å². The van der Waals surface area contributed by atoms with Crippen LogP contribution in [0.25, 0.3) is 0 Å². The second-order valence-electron chi connectivity index (χ2n) is 5.40. The van der Waals surface area contributed by atoms with E-state index in [1.807, 2.05) is 0 Å². The van der Waals surface area contributed by atoms with Crippen LogP contribution in [-0.2, 0) is 0 Å². The van der Waals surface area contributed by atoms with Gasteiger partial charge in [0.25, 0.3) is 0 Å². The molecule has 2 atom stereocenters. The first kappa shape index (κ1) is 15.5. The third-order valence-electron chi connectivity index (χ3n) is 3.54. The molecule has 1 nitrogen and oxygen atoms in total. The van der Waals surface area contributed by atoms with Crippen molar-refractivity contribution < 1.29 is 0 Å². The van der Waals surface area contributed by atoms with Gasteiger partial charge in [0.15, 0.2) is 0 Å². The van der Waals surface area contributed by atoms with E-state index in [0.717, 1.165) is 13.1 Å². The average molecular weight is 250 g/mol. The molecule has 2 unspecified atom stereocenters. The van der Waals surface area contributed by atoms with Crippen LogP contribution < -0.4 is 0 Å². The molecule has 0 aromatic carbocycles. The van der Waals surface area contributed by atoms with Crippen molar-refractivity contribution >= 4 is 18.6 Å². The van der Waals surface area contributed by atoms with Crippen molar-refractivity contribution in [1.29, 1.82) is 0 Å². The van der Waals surface area contributed by atoms with Crippen LogP contribution in [0.4, 0.5) is 0 Å². The zero-order chi connectivity index (χ0) is 12.3. The van der Waals surface area contributed by atoms with E-state index in [1.54, 1.807) is 0 Å². The molecule has 0 aliphatic heterocycles. The van der Waals surface area contributed by atoms with E-state index in [1.165, 1.54) is 6.42 Å². The lowest BCUT2D eigenvalue weighted by molar-refractivity contribution is 0.428. The number of hydrogen-bond acceptors (Lipinski definition) is 1. The highest BCUT2D eigenvalue weighted by Crippen LogP contribution is 2.49. The second-order valence-corrected chi connectivity index (χ2v) is 11.6. The zero-order valence-corrected chi connectivity index (χ0v) is 13.3. The monoisotopic (exact) mass is 249 g/mol. The number of nitrogens with zero attached hydrogens (tertiary/aromatic N) is 1. The first-order valence-corrected chi connectivity index (χ1v) is 9.23. The molecule has 0 aromatic heterocycles. The smallest absolute Gasteiger partial charge is 0.237 e. The first-order valence-electron chi connectivity index (χ1n) is 6.19. The quantitative estimate of drug-likeness (QED) is 0.508. The Bertz CT molecular complexity index is 187. The second kappa shape index (κ2) is 5.69. The van der Waals surface area contributed by atoms with E-state index in [4.69, 9.17) is 11.1 Å². The van der Waals surface area contributed by atoms with Crippen molar-refractivity contribution in [3.8, 4) is 0 Å². The molecular weight excluding hydrogens is 222 g/mol. The molecule has 0 aromatic rings. The fraction of sp³-hybridized carbons (Fsp3) is 1.00. The maximum atomic E-state index is 7.10. The van der Waals surface area contributed by atoms with Crippen molar-refractivity contribution in [2.75, 3.05) is 13.1 Å². The van der Waals surface area contributed by atoms with Gasteiger partial charge in [-0.25, -0.2) is 0 Å². The molecule has 0 amide bonds. The molecule has 0 fully saturated rings. The summed E-state index contributed by atoms with van der Waals surface area (Å²) in [6, 6.07) is 0. The lowest BCUT2D eigenvalue weighted by Gasteiger charge is -2.48. The van der Waals surface area contributed by atoms with Gasteiger partial charge in [0.05, 0.1) is 0 Å². The first-order chi connectivity index (χ1) is 6.75. The summed E-state index contributed by atoms with van der Waals surface area (Å²) in [6.07, 6.45) is 1.18. The summed E-state index contributed by atoms with van der Waals surface area (Å²) in [5, 5.41) is 0.232. The van der Waals surface area contributed by atoms with Gasteiger partial charge in [0.1, 0.15) is 0 Å². The highest BCUT2D eigenvalue weighted by molar-refractivity contribution is 7.20. The summed E-state index contributed by atoms with van der Waals surface area (Å²) < 4.78 is 2.53. The summed E-state index contributed by atoms with van der Waals surface area (Å²) in [5.74, 6) is 0. The lowest BCUT2D eigenvalue weighted by Crippen LogP contribution is -2.57. The van der Waals surface area contributed by atoms with Crippen LogP contribution in [0.5, 0.6) is 0 Å². The largest absolute Gasteiger partial charge is 0.312 e. The predicted molar refractivity (Wildman–Crippen MR) is 74.0 cm³/mol. The molecule has 0 rings (SSSR count). The van der Waals surface area contributed by atoms with Crippen LogP contribution in [0.15, 0.2) is 0 Å². The van der Waals surface area contributed by atoms with Crippen molar-refractivity contribution in [2.24, 2.45) is 0 Å². The fourth-order valence-corrected chi connectivity index (χ4v) is 8.17. The third-order valence-corrected chi connectivity index (χ3v) is 12.4. The normalized spacial score (nSPS) is 19.0. The molecule has 92 valence electrons. The Balaban J connectivity index is 5.18. The van der Waals surface area contributed by atoms with Crippen molar-refractivity contribution in [1.82, 2.24) is 4.57 Å². The highest BCUT2D eigenvalue weighted by Gasteiger charge is 2.50. The Hall–Kier alpha value is 0.467. The van der Waals surface area contributed by atoms with Gasteiger partial charge in [-0.2, -0.15) is 0 Å². The van der Waals surface area contributed by atoms with Crippen molar-refractivity contribution in [2.45, 2.75) is 65.5 Å². The minimum absolute atomic E-state index is 0.232. The molecule has 0 heterocycles. The van der Waals surface area contributed by atoms with E-state index >= 15 is 0 Å². The molecule has 3 heteroatoms. The Morgan fingerprint density at radius 3 is 1.73 bits per heavy atom. The van der Waals surface area contributed by atoms with Gasteiger partial charge in [-0.3, -0.25) is 0 Å². The maximum Gasteiger partial charge on any atom is 0.237 e. The third kappa shape index (κ3) is 2.98. The van der Waals surface area contributed by atoms with Crippen LogP contribution in [-0.4, -0.2) is 25.2 Å². The fourth-order valence-electron chi connectivity index (χ4n) is 2.48. The van der Waals surface area contributed by atoms with Gasteiger partial charge >= 0.3 is 0 Å². The summed E-state index contributed by atoms with van der Waals surface area (Å²) in [7, 11) is -1.88. The van der Waals surface area contributed by atoms with E-state index in [0.29, 0.717) is 5.54 Å². The molecule has 0 saturated heterocycles. The van der Waals surface area contributed by atoms with Gasteiger partial charge in [-0.15, -0.1) is 11.1 Å². The van der Waals surface area contributed by atoms with Crippen LogP contribution in [0, 0.1) is 0 Å². The number of rotatable bonds is 5. The summed E-state index contributed by atoms with van der Waals surface area (Å²) in [5.41, 5.74) is 0.638. The van der Waals surface area contributed by atoms with E-state index < -0.39 is 7.55 Å². The van der Waals surface area contributed by atoms with Crippen LogP contribution in [0.2, 0.25) is 10.6 Å². The summed E-state index contributed by atoms with van der Waals surface area (Å²) in [6.45, 7) is 18.1. The molecule has 0 aliphatic carbocycles. The van der Waals surface area contributed by atoms with Crippen molar-refractivity contribution in [3.05, 3.63) is 0 Å². The molecule has 0 aliphatic rings. The Labute approximate surface area is 102 Å². The van der Waals surface area contributed by atoms with Gasteiger partial charge in [-0.1, -0.05) is 54.9 Å².